The first-order chi connectivity index (χ1) is 10.0. The van der Waals surface area contributed by atoms with E-state index in [1.165, 1.54) is 25.3 Å². The highest BCUT2D eigenvalue weighted by Crippen LogP contribution is 2.25. The van der Waals surface area contributed by atoms with Crippen molar-refractivity contribution < 1.29 is 4.92 Å². The van der Waals surface area contributed by atoms with Gasteiger partial charge in [0.2, 0.25) is 0 Å². The number of benzene rings is 1. The molecular formula is C16H23N3O2. The molecule has 0 bridgehead atoms. The molecule has 0 unspecified atom stereocenters. The highest BCUT2D eigenvalue weighted by atomic mass is 16.6. The Morgan fingerprint density at radius 3 is 2.62 bits per heavy atom. The van der Waals surface area contributed by atoms with Gasteiger partial charge >= 0.3 is 0 Å². The Morgan fingerprint density at radius 2 is 2.00 bits per heavy atom. The normalized spacial score (nSPS) is 10.4. The van der Waals surface area contributed by atoms with Crippen LogP contribution < -0.4 is 5.32 Å². The lowest BCUT2D eigenvalue weighted by Crippen LogP contribution is -2.04. The van der Waals surface area contributed by atoms with Gasteiger partial charge in [0.15, 0.2) is 0 Å². The molecule has 0 saturated carbocycles. The number of anilines is 1. The number of nitro groups is 1. The molecule has 0 aromatic heterocycles. The van der Waals surface area contributed by atoms with E-state index in [2.05, 4.69) is 19.2 Å². The molecule has 0 atom stereocenters. The molecule has 0 radical (unpaired) electrons. The molecule has 0 amide bonds. The highest BCUT2D eigenvalue weighted by molar-refractivity contribution is 5.63. The lowest BCUT2D eigenvalue weighted by molar-refractivity contribution is -0.384. The number of unbranched alkanes of at least 4 members (excludes halogenated alkanes) is 3. The Hall–Kier alpha value is -2.09. The summed E-state index contributed by atoms with van der Waals surface area (Å²) in [7, 11) is 0. The summed E-state index contributed by atoms with van der Waals surface area (Å²) in [6, 6.07) is 6.43. The molecule has 5 nitrogen and oxygen atoms in total. The molecule has 0 heterocycles. The third-order valence-electron chi connectivity index (χ3n) is 3.35. The fourth-order valence-electron chi connectivity index (χ4n) is 2.16. The van der Waals surface area contributed by atoms with Crippen molar-refractivity contribution in [3.63, 3.8) is 0 Å². The third-order valence-corrected chi connectivity index (χ3v) is 3.35. The van der Waals surface area contributed by atoms with Crippen molar-refractivity contribution in [2.24, 2.45) is 5.92 Å². The first kappa shape index (κ1) is 17.0. The third kappa shape index (κ3) is 6.26. The van der Waals surface area contributed by atoms with Crippen LogP contribution in [0.3, 0.4) is 0 Å². The molecule has 0 aliphatic carbocycles. The topological polar surface area (TPSA) is 79.0 Å². The fraction of sp³-hybridized carbons (Fsp3) is 0.562. The van der Waals surface area contributed by atoms with E-state index >= 15 is 0 Å². The molecule has 21 heavy (non-hydrogen) atoms. The Balaban J connectivity index is 2.38. The standard InChI is InChI=1S/C16H23N3O2/c1-13(2)7-5-3-4-6-10-18-15-9-8-14(12-17)11-16(15)19(20)21/h8-9,11,13,18H,3-7,10H2,1-2H3. The zero-order valence-corrected chi connectivity index (χ0v) is 12.8. The highest BCUT2D eigenvalue weighted by Gasteiger charge is 2.13. The van der Waals surface area contributed by atoms with Gasteiger partial charge in [0, 0.05) is 12.6 Å². The number of hydrogen-bond acceptors (Lipinski definition) is 4. The van der Waals surface area contributed by atoms with Crippen molar-refractivity contribution in [3.8, 4) is 6.07 Å². The van der Waals surface area contributed by atoms with Crippen LogP contribution >= 0.6 is 0 Å². The summed E-state index contributed by atoms with van der Waals surface area (Å²) >= 11 is 0. The van der Waals surface area contributed by atoms with Gasteiger partial charge in [-0.2, -0.15) is 5.26 Å². The minimum absolute atomic E-state index is 0.0335. The van der Waals surface area contributed by atoms with Gasteiger partial charge in [-0.3, -0.25) is 10.1 Å². The zero-order chi connectivity index (χ0) is 15.7. The molecule has 114 valence electrons. The van der Waals surface area contributed by atoms with Gasteiger partial charge in [-0.1, -0.05) is 39.5 Å². The lowest BCUT2D eigenvalue weighted by atomic mass is 10.0. The van der Waals surface area contributed by atoms with Crippen molar-refractivity contribution in [3.05, 3.63) is 33.9 Å². The van der Waals surface area contributed by atoms with E-state index in [4.69, 9.17) is 5.26 Å². The summed E-state index contributed by atoms with van der Waals surface area (Å²) < 4.78 is 0. The van der Waals surface area contributed by atoms with Crippen LogP contribution in [0, 0.1) is 27.4 Å². The van der Waals surface area contributed by atoms with Crippen molar-refractivity contribution in [1.29, 1.82) is 5.26 Å². The number of nitrogens with zero attached hydrogens (tertiary/aromatic N) is 2. The largest absolute Gasteiger partial charge is 0.379 e. The summed E-state index contributed by atoms with van der Waals surface area (Å²) in [5.41, 5.74) is 0.760. The van der Waals surface area contributed by atoms with Crippen LogP contribution in [-0.4, -0.2) is 11.5 Å². The second-order valence-electron chi connectivity index (χ2n) is 5.62. The van der Waals surface area contributed by atoms with Crippen LogP contribution in [0.15, 0.2) is 18.2 Å². The Bertz CT molecular complexity index is 507. The number of nitrogens with one attached hydrogen (secondary N) is 1. The monoisotopic (exact) mass is 289 g/mol. The maximum atomic E-state index is 11.0. The summed E-state index contributed by atoms with van der Waals surface area (Å²) in [5.74, 6) is 0.754. The van der Waals surface area contributed by atoms with E-state index in [1.54, 1.807) is 12.1 Å². The molecule has 0 saturated heterocycles. The predicted octanol–water partition coefficient (Wildman–Crippen LogP) is 4.48. The Kier molecular flexibility index (Phi) is 7.24. The van der Waals surface area contributed by atoms with Crippen molar-refractivity contribution in [2.75, 3.05) is 11.9 Å². The van der Waals surface area contributed by atoms with E-state index in [0.717, 1.165) is 18.8 Å². The van der Waals surface area contributed by atoms with Crippen LogP contribution in [0.5, 0.6) is 0 Å². The maximum Gasteiger partial charge on any atom is 0.293 e. The van der Waals surface area contributed by atoms with Crippen LogP contribution in [-0.2, 0) is 0 Å². The average Bonchev–Trinajstić information content (AvgIpc) is 2.45. The summed E-state index contributed by atoms with van der Waals surface area (Å²) in [5, 5.41) is 22.9. The summed E-state index contributed by atoms with van der Waals surface area (Å²) in [6.45, 7) is 5.17. The van der Waals surface area contributed by atoms with E-state index in [0.29, 0.717) is 17.8 Å². The minimum atomic E-state index is -0.453. The van der Waals surface area contributed by atoms with E-state index < -0.39 is 4.92 Å². The van der Waals surface area contributed by atoms with Crippen LogP contribution in [0.4, 0.5) is 11.4 Å². The first-order valence-electron chi connectivity index (χ1n) is 7.47. The van der Waals surface area contributed by atoms with Crippen molar-refractivity contribution in [2.45, 2.75) is 46.0 Å². The molecule has 5 heteroatoms. The van der Waals surface area contributed by atoms with E-state index in [1.807, 2.05) is 6.07 Å². The van der Waals surface area contributed by atoms with Crippen LogP contribution in [0.25, 0.3) is 0 Å². The van der Waals surface area contributed by atoms with Gasteiger partial charge in [0.1, 0.15) is 5.69 Å². The van der Waals surface area contributed by atoms with Crippen molar-refractivity contribution >= 4 is 11.4 Å². The van der Waals surface area contributed by atoms with Gasteiger partial charge in [-0.05, 0) is 24.5 Å². The van der Waals surface area contributed by atoms with Crippen LogP contribution in [0.2, 0.25) is 0 Å². The van der Waals surface area contributed by atoms with Gasteiger partial charge in [-0.25, -0.2) is 0 Å². The smallest absolute Gasteiger partial charge is 0.293 e. The maximum absolute atomic E-state index is 11.0. The van der Waals surface area contributed by atoms with Gasteiger partial charge in [0.25, 0.3) is 5.69 Å². The first-order valence-corrected chi connectivity index (χ1v) is 7.47. The van der Waals surface area contributed by atoms with Crippen LogP contribution in [0.1, 0.15) is 51.5 Å². The lowest BCUT2D eigenvalue weighted by Gasteiger charge is -2.08. The van der Waals surface area contributed by atoms with E-state index in [9.17, 15) is 10.1 Å². The molecule has 1 aromatic rings. The quantitative estimate of drug-likeness (QED) is 0.413. The molecular weight excluding hydrogens is 266 g/mol. The zero-order valence-electron chi connectivity index (χ0n) is 12.8. The number of rotatable bonds is 9. The summed E-state index contributed by atoms with van der Waals surface area (Å²) in [4.78, 5) is 10.5. The minimum Gasteiger partial charge on any atom is -0.379 e. The SMILES string of the molecule is CC(C)CCCCCCNc1ccc(C#N)cc1[N+](=O)[O-]. The second kappa shape index (κ2) is 8.96. The molecule has 1 N–H and O–H groups in total. The molecule has 0 aliphatic heterocycles. The molecule has 0 spiro atoms. The molecule has 0 fully saturated rings. The predicted molar refractivity (Wildman–Crippen MR) is 84.2 cm³/mol. The fourth-order valence-corrected chi connectivity index (χ4v) is 2.16. The molecule has 0 aliphatic rings. The van der Waals surface area contributed by atoms with E-state index in [-0.39, 0.29) is 5.69 Å². The van der Waals surface area contributed by atoms with Gasteiger partial charge in [-0.15, -0.1) is 0 Å². The Morgan fingerprint density at radius 1 is 1.29 bits per heavy atom. The number of hydrogen-bond donors (Lipinski definition) is 1. The van der Waals surface area contributed by atoms with Crippen molar-refractivity contribution in [1.82, 2.24) is 0 Å². The molecule has 1 aromatic carbocycles. The Labute approximate surface area is 126 Å². The molecule has 1 rings (SSSR count). The second-order valence-corrected chi connectivity index (χ2v) is 5.62. The average molecular weight is 289 g/mol. The summed E-state index contributed by atoms with van der Waals surface area (Å²) in [6.07, 6.45) is 5.83. The number of nitriles is 1. The van der Waals surface area contributed by atoms with Gasteiger partial charge in [0.05, 0.1) is 16.6 Å². The van der Waals surface area contributed by atoms with Gasteiger partial charge < -0.3 is 5.32 Å². The number of nitro benzene ring substituents is 1.